The Balaban J connectivity index is 1.30. The van der Waals surface area contributed by atoms with E-state index in [0.29, 0.717) is 67.8 Å². The minimum Gasteiger partial charge on any atom is -0.476 e. The summed E-state index contributed by atoms with van der Waals surface area (Å²) in [5.41, 5.74) is 8.72. The van der Waals surface area contributed by atoms with E-state index in [4.69, 9.17) is 19.9 Å². The van der Waals surface area contributed by atoms with E-state index < -0.39 is 15.8 Å². The summed E-state index contributed by atoms with van der Waals surface area (Å²) in [4.78, 5) is 28.0. The van der Waals surface area contributed by atoms with Gasteiger partial charge in [0.05, 0.1) is 30.9 Å². The number of carbonyl (C=O) groups is 1. The minimum absolute atomic E-state index is 0.0107. The first-order valence-corrected chi connectivity index (χ1v) is 15.1. The third-order valence-corrected chi connectivity index (χ3v) is 8.71. The van der Waals surface area contributed by atoms with Gasteiger partial charge in [-0.05, 0) is 48.9 Å². The average Bonchev–Trinajstić information content (AvgIpc) is 3.45. The van der Waals surface area contributed by atoms with Crippen LogP contribution in [-0.4, -0.2) is 72.9 Å². The van der Waals surface area contributed by atoms with E-state index in [9.17, 15) is 13.2 Å². The maximum atomic E-state index is 13.4. The van der Waals surface area contributed by atoms with Crippen LogP contribution in [-0.2, 0) is 19.5 Å². The zero-order valence-corrected chi connectivity index (χ0v) is 23.8. The number of nitrogen functional groups attached to an aromatic ring is 1. The van der Waals surface area contributed by atoms with Crippen molar-refractivity contribution in [3.8, 4) is 17.0 Å². The van der Waals surface area contributed by atoms with Gasteiger partial charge in [-0.3, -0.25) is 14.5 Å². The van der Waals surface area contributed by atoms with Gasteiger partial charge in [0.25, 0.3) is 15.9 Å². The van der Waals surface area contributed by atoms with Gasteiger partial charge in [0.1, 0.15) is 16.4 Å². The number of hydrogen-bond donors (Lipinski definition) is 2. The van der Waals surface area contributed by atoms with Crippen molar-refractivity contribution in [3.05, 3.63) is 66.6 Å². The molecule has 13 heteroatoms. The molecular weight excluding hydrogens is 560 g/mol. The molecule has 0 unspecified atom stereocenters. The molecule has 0 radical (unpaired) electrons. The maximum absolute atomic E-state index is 13.4. The minimum atomic E-state index is -3.94. The number of benzene rings is 1. The third kappa shape index (κ3) is 5.45. The van der Waals surface area contributed by atoms with Gasteiger partial charge in [0, 0.05) is 55.5 Å². The lowest BCUT2D eigenvalue weighted by Crippen LogP contribution is -2.47. The number of nitrogens with zero attached hydrogens (tertiary/aromatic N) is 4. The number of rotatable bonds is 7. The Kier molecular flexibility index (Phi) is 7.39. The molecule has 3 N–H and O–H groups in total. The summed E-state index contributed by atoms with van der Waals surface area (Å²) in [6, 6.07) is 11.9. The molecule has 4 aromatic rings. The van der Waals surface area contributed by atoms with Crippen LogP contribution in [0.4, 0.5) is 11.5 Å². The molecule has 5 heterocycles. The van der Waals surface area contributed by atoms with Crippen LogP contribution >= 0.6 is 0 Å². The van der Waals surface area contributed by atoms with E-state index in [1.807, 2.05) is 12.1 Å². The number of carbonyl (C=O) groups excluding carboxylic acids is 1. The van der Waals surface area contributed by atoms with Crippen LogP contribution in [0.3, 0.4) is 0 Å². The highest BCUT2D eigenvalue weighted by Gasteiger charge is 2.41. The second-order valence-electron chi connectivity index (χ2n) is 10.0. The Bertz CT molecular complexity index is 1730. The lowest BCUT2D eigenvalue weighted by molar-refractivity contribution is -0.181. The summed E-state index contributed by atoms with van der Waals surface area (Å²) in [5, 5.41) is 0.701. The first-order chi connectivity index (χ1) is 20.3. The fourth-order valence-electron chi connectivity index (χ4n) is 5.19. The van der Waals surface area contributed by atoms with Crippen LogP contribution in [0.1, 0.15) is 30.1 Å². The first kappa shape index (κ1) is 27.8. The van der Waals surface area contributed by atoms with E-state index >= 15 is 0 Å². The van der Waals surface area contributed by atoms with Gasteiger partial charge < -0.3 is 24.8 Å². The molecule has 218 valence electrons. The molecular formula is C29H30N6O6S. The molecule has 42 heavy (non-hydrogen) atoms. The highest BCUT2D eigenvalue weighted by molar-refractivity contribution is 7.92. The van der Waals surface area contributed by atoms with Crippen LogP contribution in [0.2, 0.25) is 0 Å². The monoisotopic (exact) mass is 590 g/mol. The Labute approximate surface area is 242 Å². The summed E-state index contributed by atoms with van der Waals surface area (Å²) >= 11 is 0. The molecule has 2 aliphatic heterocycles. The van der Waals surface area contributed by atoms with E-state index in [2.05, 4.69) is 19.7 Å². The highest BCUT2D eigenvalue weighted by Crippen LogP contribution is 2.34. The van der Waals surface area contributed by atoms with Gasteiger partial charge >= 0.3 is 0 Å². The van der Waals surface area contributed by atoms with Crippen molar-refractivity contribution in [2.24, 2.45) is 0 Å². The molecule has 2 aliphatic rings. The normalized spacial score (nSPS) is 16.5. The van der Waals surface area contributed by atoms with Crippen LogP contribution in [0.25, 0.3) is 22.0 Å². The van der Waals surface area contributed by atoms with Crippen molar-refractivity contribution in [1.29, 1.82) is 0 Å². The summed E-state index contributed by atoms with van der Waals surface area (Å²) in [7, 11) is -3.94. The van der Waals surface area contributed by atoms with Gasteiger partial charge in [0.15, 0.2) is 5.79 Å². The van der Waals surface area contributed by atoms with Crippen molar-refractivity contribution in [3.63, 3.8) is 0 Å². The second-order valence-corrected chi connectivity index (χ2v) is 11.7. The van der Waals surface area contributed by atoms with Crippen LogP contribution in [0, 0.1) is 0 Å². The largest absolute Gasteiger partial charge is 0.476 e. The number of sulfonamides is 1. The predicted octanol–water partition coefficient (Wildman–Crippen LogP) is 3.45. The van der Waals surface area contributed by atoms with E-state index in [0.717, 1.165) is 5.56 Å². The zero-order chi connectivity index (χ0) is 29.3. The predicted molar refractivity (Wildman–Crippen MR) is 155 cm³/mol. The number of ether oxygens (including phenoxy) is 3. The summed E-state index contributed by atoms with van der Waals surface area (Å²) in [6.45, 7) is 4.21. The zero-order valence-electron chi connectivity index (χ0n) is 22.9. The smallest absolute Gasteiger partial charge is 0.263 e. The number of piperidine rings is 1. The van der Waals surface area contributed by atoms with Crippen LogP contribution in [0.15, 0.2) is 66.0 Å². The summed E-state index contributed by atoms with van der Waals surface area (Å²) in [5.74, 6) is -0.484. The number of fused-ring (bicyclic) bond motifs is 1. The van der Waals surface area contributed by atoms with Gasteiger partial charge in [0.2, 0.25) is 5.88 Å². The topological polar surface area (TPSA) is 159 Å². The number of pyridine rings is 3. The number of likely N-dealkylation sites (tertiary alicyclic amines) is 1. The van der Waals surface area contributed by atoms with E-state index in [1.54, 1.807) is 42.3 Å². The Morgan fingerprint density at radius 3 is 2.60 bits per heavy atom. The number of nitrogens with two attached hydrogens (primary N) is 1. The van der Waals surface area contributed by atoms with Crippen molar-refractivity contribution < 1.29 is 27.4 Å². The van der Waals surface area contributed by atoms with Gasteiger partial charge in [-0.25, -0.2) is 18.4 Å². The van der Waals surface area contributed by atoms with Crippen molar-refractivity contribution in [2.75, 3.05) is 43.4 Å². The molecule has 0 saturated carbocycles. The molecule has 1 amide bonds. The molecule has 2 saturated heterocycles. The molecule has 3 aromatic heterocycles. The molecule has 0 bridgehead atoms. The third-order valence-electron chi connectivity index (χ3n) is 7.36. The van der Waals surface area contributed by atoms with E-state index in [-0.39, 0.29) is 28.2 Å². The summed E-state index contributed by atoms with van der Waals surface area (Å²) < 4.78 is 45.7. The Hall–Kier alpha value is -4.33. The van der Waals surface area contributed by atoms with Crippen molar-refractivity contribution in [1.82, 2.24) is 19.9 Å². The van der Waals surface area contributed by atoms with Crippen LogP contribution < -0.4 is 15.2 Å². The van der Waals surface area contributed by atoms with Gasteiger partial charge in [-0.15, -0.1) is 0 Å². The number of nitrogens with one attached hydrogen (secondary N) is 1. The van der Waals surface area contributed by atoms with Crippen molar-refractivity contribution in [2.45, 2.75) is 30.4 Å². The van der Waals surface area contributed by atoms with E-state index in [1.165, 1.54) is 18.5 Å². The molecule has 2 fully saturated rings. The van der Waals surface area contributed by atoms with Gasteiger partial charge in [-0.1, -0.05) is 6.07 Å². The Morgan fingerprint density at radius 2 is 1.88 bits per heavy atom. The quantitative estimate of drug-likeness (QED) is 0.326. The maximum Gasteiger partial charge on any atom is 0.263 e. The second kappa shape index (κ2) is 11.2. The molecule has 0 atom stereocenters. The standard InChI is InChI=1S/C29H30N6O6S/c1-2-39-27-25(34-42(37,38)22-4-3-9-31-18-22)16-21(17-32-27)19-5-6-24-20(14-19)15-23(26(30)33-24)28(36)35-10-7-29(8-11-35)40-12-13-41-29/h3-6,9,14-18,34H,2,7-8,10-13H2,1H3,(H2,30,33). The lowest BCUT2D eigenvalue weighted by atomic mass is 10.0. The van der Waals surface area contributed by atoms with Crippen molar-refractivity contribution >= 4 is 38.3 Å². The Morgan fingerprint density at radius 1 is 1.10 bits per heavy atom. The fraction of sp³-hybridized carbons (Fsp3) is 0.310. The lowest BCUT2D eigenvalue weighted by Gasteiger charge is -2.37. The highest BCUT2D eigenvalue weighted by atomic mass is 32.2. The number of anilines is 2. The van der Waals surface area contributed by atoms with Gasteiger partial charge in [-0.2, -0.15) is 0 Å². The molecule has 6 rings (SSSR count). The fourth-order valence-corrected chi connectivity index (χ4v) is 6.20. The molecule has 12 nitrogen and oxygen atoms in total. The molecule has 1 spiro atoms. The number of amides is 1. The summed E-state index contributed by atoms with van der Waals surface area (Å²) in [6.07, 6.45) is 5.56. The number of hydrogen-bond acceptors (Lipinski definition) is 10. The molecule has 1 aromatic carbocycles. The average molecular weight is 591 g/mol. The molecule has 0 aliphatic carbocycles. The number of aromatic nitrogens is 3. The first-order valence-electron chi connectivity index (χ1n) is 13.6. The SMILES string of the molecule is CCOc1ncc(-c2ccc3nc(N)c(C(=O)N4CCC5(CC4)OCCO5)cc3c2)cc1NS(=O)(=O)c1cccnc1. The van der Waals surface area contributed by atoms with Crippen LogP contribution in [0.5, 0.6) is 5.88 Å².